The third kappa shape index (κ3) is 3.72. The Labute approximate surface area is 175 Å². The Balaban J connectivity index is 1.23. The summed E-state index contributed by atoms with van der Waals surface area (Å²) in [6, 6.07) is 14.4. The number of rotatable bonds is 4. The van der Waals surface area contributed by atoms with Crippen LogP contribution in [0.5, 0.6) is 0 Å². The van der Waals surface area contributed by atoms with Gasteiger partial charge >= 0.3 is 11.8 Å². The van der Waals surface area contributed by atoms with E-state index < -0.39 is 17.4 Å². The molecule has 156 valence electrons. The SMILES string of the molecule is O=C(NC1CN2CCC1CC2)C(=O)NC1(c2ccc(-c3ccc(F)cc3)cc2)CC1. The van der Waals surface area contributed by atoms with E-state index in [1.54, 1.807) is 12.1 Å². The van der Waals surface area contributed by atoms with Crippen LogP contribution in [0, 0.1) is 11.7 Å². The molecule has 2 amide bonds. The van der Waals surface area contributed by atoms with Crippen molar-refractivity contribution in [3.63, 3.8) is 0 Å². The highest BCUT2D eigenvalue weighted by Gasteiger charge is 2.47. The first-order valence-corrected chi connectivity index (χ1v) is 10.7. The van der Waals surface area contributed by atoms with Crippen molar-refractivity contribution < 1.29 is 14.0 Å². The van der Waals surface area contributed by atoms with Gasteiger partial charge in [-0.15, -0.1) is 0 Å². The topological polar surface area (TPSA) is 61.4 Å². The van der Waals surface area contributed by atoms with Gasteiger partial charge in [0.05, 0.1) is 5.54 Å². The van der Waals surface area contributed by atoms with Crippen molar-refractivity contribution in [3.05, 3.63) is 59.9 Å². The zero-order valence-electron chi connectivity index (χ0n) is 16.9. The first kappa shape index (κ1) is 19.2. The van der Waals surface area contributed by atoms with Gasteiger partial charge in [0, 0.05) is 12.6 Å². The lowest BCUT2D eigenvalue weighted by Crippen LogP contribution is -2.59. The Kier molecular flexibility index (Phi) is 4.82. The molecule has 5 nitrogen and oxygen atoms in total. The van der Waals surface area contributed by atoms with Gasteiger partial charge in [0.2, 0.25) is 0 Å². The minimum absolute atomic E-state index is 0.0795. The van der Waals surface area contributed by atoms with Crippen LogP contribution >= 0.6 is 0 Å². The van der Waals surface area contributed by atoms with Gasteiger partial charge < -0.3 is 15.5 Å². The molecule has 2 N–H and O–H groups in total. The van der Waals surface area contributed by atoms with Crippen LogP contribution in [0.2, 0.25) is 0 Å². The molecule has 4 fully saturated rings. The zero-order chi connectivity index (χ0) is 20.7. The van der Waals surface area contributed by atoms with E-state index in [9.17, 15) is 14.0 Å². The number of piperidine rings is 3. The Morgan fingerprint density at radius 2 is 1.50 bits per heavy atom. The summed E-state index contributed by atoms with van der Waals surface area (Å²) in [5, 5.41) is 5.93. The molecule has 4 aliphatic rings. The van der Waals surface area contributed by atoms with Crippen molar-refractivity contribution in [1.29, 1.82) is 0 Å². The van der Waals surface area contributed by atoms with E-state index in [1.165, 1.54) is 12.1 Å². The third-order valence-corrected chi connectivity index (χ3v) is 6.90. The molecule has 6 heteroatoms. The predicted octanol–water partition coefficient (Wildman–Crippen LogP) is 2.81. The van der Waals surface area contributed by atoms with Gasteiger partial charge in [-0.2, -0.15) is 0 Å². The number of carbonyl (C=O) groups excluding carboxylic acids is 2. The summed E-state index contributed by atoms with van der Waals surface area (Å²) in [6.07, 6.45) is 3.83. The molecule has 1 aliphatic carbocycles. The van der Waals surface area contributed by atoms with Crippen LogP contribution in [0.25, 0.3) is 11.1 Å². The summed E-state index contributed by atoms with van der Waals surface area (Å²) in [5.74, 6) is -0.846. The monoisotopic (exact) mass is 407 g/mol. The molecule has 0 spiro atoms. The average Bonchev–Trinajstić information content (AvgIpc) is 3.56. The summed E-state index contributed by atoms with van der Waals surface area (Å²) in [7, 11) is 0. The lowest BCUT2D eigenvalue weighted by molar-refractivity contribution is -0.141. The molecule has 0 aromatic heterocycles. The first-order chi connectivity index (χ1) is 14.5. The molecular weight excluding hydrogens is 381 g/mol. The minimum Gasteiger partial charge on any atom is -0.344 e. The van der Waals surface area contributed by atoms with Gasteiger partial charge in [-0.25, -0.2) is 4.39 Å². The number of halogens is 1. The quantitative estimate of drug-likeness (QED) is 0.767. The van der Waals surface area contributed by atoms with Crippen LogP contribution in [0.1, 0.15) is 31.2 Å². The molecule has 0 radical (unpaired) electrons. The fraction of sp³-hybridized carbons (Fsp3) is 0.417. The maximum atomic E-state index is 13.1. The normalized spacial score (nSPS) is 26.1. The van der Waals surface area contributed by atoms with E-state index in [0.717, 1.165) is 62.0 Å². The summed E-state index contributed by atoms with van der Waals surface area (Å²) in [6.45, 7) is 3.04. The van der Waals surface area contributed by atoms with Crippen LogP contribution in [-0.4, -0.2) is 42.4 Å². The molecule has 3 heterocycles. The van der Waals surface area contributed by atoms with Crippen LogP contribution in [0.3, 0.4) is 0 Å². The zero-order valence-corrected chi connectivity index (χ0v) is 16.9. The van der Waals surface area contributed by atoms with Crippen LogP contribution in [0.4, 0.5) is 4.39 Å². The van der Waals surface area contributed by atoms with Crippen LogP contribution in [0.15, 0.2) is 48.5 Å². The molecule has 2 bridgehead atoms. The third-order valence-electron chi connectivity index (χ3n) is 6.90. The summed E-state index contributed by atoms with van der Waals surface area (Å²) in [4.78, 5) is 27.5. The highest BCUT2D eigenvalue weighted by Crippen LogP contribution is 2.45. The number of benzene rings is 2. The number of fused-ring (bicyclic) bond motifs is 3. The Hall–Kier alpha value is -2.73. The van der Waals surface area contributed by atoms with Gasteiger partial charge in [-0.1, -0.05) is 36.4 Å². The van der Waals surface area contributed by atoms with Gasteiger partial charge in [-0.05, 0) is 73.5 Å². The van der Waals surface area contributed by atoms with Crippen molar-refractivity contribution >= 4 is 11.8 Å². The smallest absolute Gasteiger partial charge is 0.310 e. The van der Waals surface area contributed by atoms with Gasteiger partial charge in [0.1, 0.15) is 5.82 Å². The standard InChI is InChI=1S/C24H26FN3O2/c25-20-7-3-17(4-8-20)16-1-5-19(6-2-16)24(11-12-24)27-23(30)22(29)26-21-15-28-13-9-18(21)10-14-28/h1-8,18,21H,9-15H2,(H,26,29)(H,27,30). The average molecular weight is 407 g/mol. The maximum Gasteiger partial charge on any atom is 0.310 e. The van der Waals surface area contributed by atoms with E-state index >= 15 is 0 Å². The van der Waals surface area contributed by atoms with E-state index in [2.05, 4.69) is 15.5 Å². The number of nitrogens with zero attached hydrogens (tertiary/aromatic N) is 1. The Morgan fingerprint density at radius 1 is 0.900 bits per heavy atom. The van der Waals surface area contributed by atoms with Crippen molar-refractivity contribution in [1.82, 2.24) is 15.5 Å². The van der Waals surface area contributed by atoms with E-state index in [0.29, 0.717) is 5.92 Å². The predicted molar refractivity (Wildman–Crippen MR) is 112 cm³/mol. The van der Waals surface area contributed by atoms with Crippen molar-refractivity contribution in [2.24, 2.45) is 5.92 Å². The lowest BCUT2D eigenvalue weighted by atomic mass is 9.84. The van der Waals surface area contributed by atoms with E-state index in [4.69, 9.17) is 0 Å². The van der Waals surface area contributed by atoms with Crippen molar-refractivity contribution in [2.45, 2.75) is 37.3 Å². The second kappa shape index (κ2) is 7.51. The number of hydrogen-bond acceptors (Lipinski definition) is 3. The van der Waals surface area contributed by atoms with Gasteiger partial charge in [-0.3, -0.25) is 9.59 Å². The van der Waals surface area contributed by atoms with Crippen LogP contribution < -0.4 is 10.6 Å². The van der Waals surface area contributed by atoms with E-state index in [1.807, 2.05) is 24.3 Å². The fourth-order valence-electron chi connectivity index (χ4n) is 4.87. The minimum atomic E-state index is -0.549. The Bertz CT molecular complexity index is 945. The maximum absolute atomic E-state index is 13.1. The molecular formula is C24H26FN3O2. The first-order valence-electron chi connectivity index (χ1n) is 10.7. The molecule has 2 aromatic rings. The summed E-state index contributed by atoms with van der Waals surface area (Å²) >= 11 is 0. The molecule has 1 unspecified atom stereocenters. The van der Waals surface area contributed by atoms with Crippen molar-refractivity contribution in [2.75, 3.05) is 19.6 Å². The molecule has 6 rings (SSSR count). The highest BCUT2D eigenvalue weighted by molar-refractivity contribution is 6.35. The van der Waals surface area contributed by atoms with E-state index in [-0.39, 0.29) is 11.9 Å². The second-order valence-electron chi connectivity index (χ2n) is 8.84. The molecule has 3 saturated heterocycles. The Morgan fingerprint density at radius 3 is 2.03 bits per heavy atom. The number of amides is 2. The van der Waals surface area contributed by atoms with Gasteiger partial charge in [0.25, 0.3) is 0 Å². The highest BCUT2D eigenvalue weighted by atomic mass is 19.1. The number of carbonyl (C=O) groups is 2. The molecule has 1 saturated carbocycles. The summed E-state index contributed by atoms with van der Waals surface area (Å²) in [5.41, 5.74) is 2.47. The fourth-order valence-corrected chi connectivity index (χ4v) is 4.87. The van der Waals surface area contributed by atoms with Gasteiger partial charge in [0.15, 0.2) is 0 Å². The molecule has 3 aliphatic heterocycles. The number of hydrogen-bond donors (Lipinski definition) is 2. The lowest BCUT2D eigenvalue weighted by Gasteiger charge is -2.44. The molecule has 30 heavy (non-hydrogen) atoms. The molecule has 2 aromatic carbocycles. The number of nitrogens with one attached hydrogen (secondary N) is 2. The molecule has 1 atom stereocenters. The van der Waals surface area contributed by atoms with Crippen molar-refractivity contribution in [3.8, 4) is 11.1 Å². The van der Waals surface area contributed by atoms with Crippen LogP contribution in [-0.2, 0) is 15.1 Å². The largest absolute Gasteiger partial charge is 0.344 e. The second-order valence-corrected chi connectivity index (χ2v) is 8.84. The summed E-state index contributed by atoms with van der Waals surface area (Å²) < 4.78 is 13.1.